The minimum atomic E-state index is -0.0370. The number of thiophene rings is 1. The molecular formula is C17H16N2O2S2. The van der Waals surface area contributed by atoms with Gasteiger partial charge in [0.25, 0.3) is 5.91 Å². The Morgan fingerprint density at radius 3 is 2.91 bits per heavy atom. The summed E-state index contributed by atoms with van der Waals surface area (Å²) < 4.78 is 5.41. The van der Waals surface area contributed by atoms with E-state index >= 15 is 0 Å². The molecule has 1 amide bonds. The zero-order valence-electron chi connectivity index (χ0n) is 12.6. The summed E-state index contributed by atoms with van der Waals surface area (Å²) in [6.45, 7) is 0.982. The first-order chi connectivity index (χ1) is 11.3. The van der Waals surface area contributed by atoms with E-state index in [4.69, 9.17) is 4.42 Å². The van der Waals surface area contributed by atoms with Crippen LogP contribution in [0.3, 0.4) is 0 Å². The first-order valence-electron chi connectivity index (χ1n) is 7.09. The van der Waals surface area contributed by atoms with Gasteiger partial charge < -0.3 is 9.32 Å². The Morgan fingerprint density at radius 1 is 1.30 bits per heavy atom. The number of rotatable bonds is 6. The molecule has 0 aliphatic heterocycles. The van der Waals surface area contributed by atoms with Gasteiger partial charge in [-0.1, -0.05) is 0 Å². The summed E-state index contributed by atoms with van der Waals surface area (Å²) in [6.07, 6.45) is 5.26. The first kappa shape index (κ1) is 15.8. The number of furan rings is 1. The molecule has 118 valence electrons. The summed E-state index contributed by atoms with van der Waals surface area (Å²) in [5.41, 5.74) is 1.74. The van der Waals surface area contributed by atoms with E-state index in [1.807, 2.05) is 35.9 Å². The Morgan fingerprint density at radius 2 is 2.22 bits per heavy atom. The minimum Gasteiger partial charge on any atom is -0.467 e. The molecule has 3 heterocycles. The monoisotopic (exact) mass is 344 g/mol. The third-order valence-electron chi connectivity index (χ3n) is 3.36. The van der Waals surface area contributed by atoms with Gasteiger partial charge in [0.15, 0.2) is 0 Å². The lowest BCUT2D eigenvalue weighted by atomic mass is 10.2. The summed E-state index contributed by atoms with van der Waals surface area (Å²) in [7, 11) is 0. The number of nitrogens with zero attached hydrogens (tertiary/aromatic N) is 2. The fourth-order valence-corrected chi connectivity index (χ4v) is 3.48. The maximum absolute atomic E-state index is 13.0. The number of hydrogen-bond donors (Lipinski definition) is 0. The third-order valence-corrected chi connectivity index (χ3v) is 4.81. The van der Waals surface area contributed by atoms with Crippen LogP contribution in [0, 0.1) is 0 Å². The number of carbonyl (C=O) groups excluding carboxylic acids is 1. The lowest BCUT2D eigenvalue weighted by Gasteiger charge is -2.22. The molecule has 0 saturated carbocycles. The Labute approximate surface area is 143 Å². The molecule has 0 unspecified atom stereocenters. The maximum atomic E-state index is 13.0. The number of thioether (sulfide) groups is 1. The van der Waals surface area contributed by atoms with Crippen LogP contribution in [-0.4, -0.2) is 22.0 Å². The first-order valence-corrected chi connectivity index (χ1v) is 9.26. The van der Waals surface area contributed by atoms with E-state index in [0.29, 0.717) is 18.7 Å². The smallest absolute Gasteiger partial charge is 0.257 e. The van der Waals surface area contributed by atoms with Crippen molar-refractivity contribution in [1.29, 1.82) is 0 Å². The van der Waals surface area contributed by atoms with Crippen molar-refractivity contribution in [3.63, 3.8) is 0 Å². The van der Waals surface area contributed by atoms with Gasteiger partial charge in [-0.2, -0.15) is 11.3 Å². The van der Waals surface area contributed by atoms with Gasteiger partial charge in [0.05, 0.1) is 18.4 Å². The molecule has 3 rings (SSSR count). The highest BCUT2D eigenvalue weighted by molar-refractivity contribution is 7.98. The van der Waals surface area contributed by atoms with Gasteiger partial charge >= 0.3 is 0 Å². The number of hydrogen-bond acceptors (Lipinski definition) is 5. The predicted octanol–water partition coefficient (Wildman–Crippen LogP) is 4.30. The van der Waals surface area contributed by atoms with Crippen molar-refractivity contribution in [2.45, 2.75) is 18.1 Å². The maximum Gasteiger partial charge on any atom is 0.257 e. The predicted molar refractivity (Wildman–Crippen MR) is 92.6 cm³/mol. The molecule has 0 aliphatic rings. The molecule has 0 saturated heterocycles. The Bertz CT molecular complexity index is 719. The second-order valence-corrected chi connectivity index (χ2v) is 6.51. The molecule has 0 fully saturated rings. The summed E-state index contributed by atoms with van der Waals surface area (Å²) in [5.74, 6) is 0.730. The fourth-order valence-electron chi connectivity index (χ4n) is 2.28. The van der Waals surface area contributed by atoms with Gasteiger partial charge in [-0.3, -0.25) is 4.79 Å². The van der Waals surface area contributed by atoms with Crippen LogP contribution < -0.4 is 0 Å². The van der Waals surface area contributed by atoms with Crippen molar-refractivity contribution in [1.82, 2.24) is 9.88 Å². The van der Waals surface area contributed by atoms with E-state index < -0.39 is 0 Å². The largest absolute Gasteiger partial charge is 0.467 e. The van der Waals surface area contributed by atoms with E-state index in [-0.39, 0.29) is 5.91 Å². The number of pyridine rings is 1. The Hall–Kier alpha value is -2.05. The van der Waals surface area contributed by atoms with E-state index in [1.54, 1.807) is 34.8 Å². The summed E-state index contributed by atoms with van der Waals surface area (Å²) in [4.78, 5) is 19.1. The lowest BCUT2D eigenvalue weighted by molar-refractivity contribution is 0.0713. The highest BCUT2D eigenvalue weighted by atomic mass is 32.2. The van der Waals surface area contributed by atoms with Gasteiger partial charge in [-0.05, 0) is 52.9 Å². The van der Waals surface area contributed by atoms with Crippen molar-refractivity contribution in [3.8, 4) is 0 Å². The number of amides is 1. The summed E-state index contributed by atoms with van der Waals surface area (Å²) >= 11 is 3.10. The van der Waals surface area contributed by atoms with Crippen LogP contribution in [0.1, 0.15) is 21.7 Å². The zero-order valence-corrected chi connectivity index (χ0v) is 14.3. The van der Waals surface area contributed by atoms with Crippen molar-refractivity contribution in [2.24, 2.45) is 0 Å². The molecule has 0 aliphatic carbocycles. The molecular weight excluding hydrogens is 328 g/mol. The van der Waals surface area contributed by atoms with Gasteiger partial charge in [0.2, 0.25) is 0 Å². The lowest BCUT2D eigenvalue weighted by Crippen LogP contribution is -2.30. The highest BCUT2D eigenvalue weighted by Crippen LogP contribution is 2.21. The van der Waals surface area contributed by atoms with Crippen LogP contribution in [0.25, 0.3) is 0 Å². The number of aromatic nitrogens is 1. The average Bonchev–Trinajstić information content (AvgIpc) is 3.27. The second kappa shape index (κ2) is 7.48. The van der Waals surface area contributed by atoms with E-state index in [9.17, 15) is 4.79 Å². The molecule has 0 radical (unpaired) electrons. The third kappa shape index (κ3) is 3.83. The van der Waals surface area contributed by atoms with Gasteiger partial charge in [0, 0.05) is 12.7 Å². The van der Waals surface area contributed by atoms with Crippen LogP contribution in [0.15, 0.2) is 63.0 Å². The van der Waals surface area contributed by atoms with E-state index in [1.165, 1.54) is 11.8 Å². The fraction of sp³-hybridized carbons (Fsp3) is 0.176. The van der Waals surface area contributed by atoms with E-state index in [2.05, 4.69) is 10.4 Å². The highest BCUT2D eigenvalue weighted by Gasteiger charge is 2.21. The van der Waals surface area contributed by atoms with Gasteiger partial charge in [-0.25, -0.2) is 4.98 Å². The van der Waals surface area contributed by atoms with Crippen molar-refractivity contribution in [2.75, 3.05) is 6.26 Å². The molecule has 23 heavy (non-hydrogen) atoms. The van der Waals surface area contributed by atoms with Crippen molar-refractivity contribution in [3.05, 3.63) is 70.4 Å². The number of carbonyl (C=O) groups is 1. The SMILES string of the molecule is CSc1ncccc1C(=O)N(Cc1ccsc1)Cc1ccco1. The Balaban J connectivity index is 1.88. The van der Waals surface area contributed by atoms with Gasteiger partial charge in [0.1, 0.15) is 10.8 Å². The van der Waals surface area contributed by atoms with Crippen LogP contribution >= 0.6 is 23.1 Å². The molecule has 0 atom stereocenters. The van der Waals surface area contributed by atoms with Crippen LogP contribution in [0.2, 0.25) is 0 Å². The molecule has 3 aromatic rings. The standard InChI is InChI=1S/C17H16N2O2S2/c1-22-16-15(5-2-7-18-16)17(20)19(10-13-6-9-23-12-13)11-14-4-3-8-21-14/h2-9,12H,10-11H2,1H3. The van der Waals surface area contributed by atoms with Crippen molar-refractivity contribution >= 4 is 29.0 Å². The molecule has 4 nitrogen and oxygen atoms in total. The van der Waals surface area contributed by atoms with E-state index in [0.717, 1.165) is 16.3 Å². The molecule has 0 bridgehead atoms. The molecule has 6 heteroatoms. The Kier molecular flexibility index (Phi) is 5.15. The minimum absolute atomic E-state index is 0.0370. The van der Waals surface area contributed by atoms with Crippen LogP contribution in [-0.2, 0) is 13.1 Å². The summed E-state index contributed by atoms with van der Waals surface area (Å²) in [5, 5.41) is 4.82. The van der Waals surface area contributed by atoms with Gasteiger partial charge in [-0.15, -0.1) is 11.8 Å². The molecule has 0 N–H and O–H groups in total. The van der Waals surface area contributed by atoms with Crippen LogP contribution in [0.5, 0.6) is 0 Å². The second-order valence-electron chi connectivity index (χ2n) is 4.93. The topological polar surface area (TPSA) is 46.3 Å². The molecule has 0 aromatic carbocycles. The quantitative estimate of drug-likeness (QED) is 0.626. The zero-order chi connectivity index (χ0) is 16.1. The summed E-state index contributed by atoms with van der Waals surface area (Å²) in [6, 6.07) is 9.37. The average molecular weight is 344 g/mol. The molecule has 0 spiro atoms. The van der Waals surface area contributed by atoms with Crippen molar-refractivity contribution < 1.29 is 9.21 Å². The molecule has 3 aromatic heterocycles. The van der Waals surface area contributed by atoms with Crippen LogP contribution in [0.4, 0.5) is 0 Å². The normalized spacial score (nSPS) is 10.7.